The molecule has 0 bridgehead atoms. The lowest BCUT2D eigenvalue weighted by atomic mass is 10.2. The lowest BCUT2D eigenvalue weighted by molar-refractivity contribution is 0.171. The fourth-order valence-corrected chi connectivity index (χ4v) is 4.73. The molecule has 0 amide bonds. The maximum Gasteiger partial charge on any atom is 0.238 e. The van der Waals surface area contributed by atoms with E-state index in [1.165, 1.54) is 12.1 Å². The predicted molar refractivity (Wildman–Crippen MR) is 120 cm³/mol. The number of para-hydroxylation sites is 1. The molecular formula is C23H17ClN2O5S. The molecule has 1 aliphatic heterocycles. The largest absolute Gasteiger partial charge is 0.486 e. The SMILES string of the molecule is O=S(=O)(c1ccc2c(c1)OCCO2)c1nc(-c2cccc(Cl)c2)oc1Nc1ccccc1. The zero-order valence-corrected chi connectivity index (χ0v) is 18.2. The Kier molecular flexibility index (Phi) is 5.24. The van der Waals surface area contributed by atoms with E-state index in [0.29, 0.717) is 41.0 Å². The van der Waals surface area contributed by atoms with Gasteiger partial charge in [-0.1, -0.05) is 35.9 Å². The van der Waals surface area contributed by atoms with Crippen LogP contribution in [-0.4, -0.2) is 26.6 Å². The number of oxazole rings is 1. The van der Waals surface area contributed by atoms with Crippen molar-refractivity contribution in [3.63, 3.8) is 0 Å². The van der Waals surface area contributed by atoms with Crippen LogP contribution in [0.2, 0.25) is 5.02 Å². The van der Waals surface area contributed by atoms with Crippen molar-refractivity contribution < 1.29 is 22.3 Å². The summed E-state index contributed by atoms with van der Waals surface area (Å²) < 4.78 is 44.0. The number of nitrogens with zero attached hydrogens (tertiary/aromatic N) is 1. The summed E-state index contributed by atoms with van der Waals surface area (Å²) in [6, 6.07) is 20.4. The van der Waals surface area contributed by atoms with Crippen LogP contribution in [-0.2, 0) is 9.84 Å². The first-order valence-electron chi connectivity index (χ1n) is 9.74. The van der Waals surface area contributed by atoms with E-state index in [4.69, 9.17) is 25.5 Å². The maximum absolute atomic E-state index is 13.6. The molecule has 0 saturated heterocycles. The number of fused-ring (bicyclic) bond motifs is 1. The predicted octanol–water partition coefficient (Wildman–Crippen LogP) is 5.34. The molecule has 1 aliphatic rings. The molecule has 0 aliphatic carbocycles. The Morgan fingerprint density at radius 3 is 2.44 bits per heavy atom. The van der Waals surface area contributed by atoms with Crippen LogP contribution in [0.3, 0.4) is 0 Å². The van der Waals surface area contributed by atoms with Gasteiger partial charge in [0, 0.05) is 22.3 Å². The monoisotopic (exact) mass is 468 g/mol. The average Bonchev–Trinajstić information content (AvgIpc) is 3.24. The smallest absolute Gasteiger partial charge is 0.238 e. The van der Waals surface area contributed by atoms with Crippen LogP contribution in [0.1, 0.15) is 0 Å². The third-order valence-electron chi connectivity index (χ3n) is 4.78. The van der Waals surface area contributed by atoms with Gasteiger partial charge in [0.25, 0.3) is 0 Å². The number of nitrogens with one attached hydrogen (secondary N) is 1. The maximum atomic E-state index is 13.6. The fraction of sp³-hybridized carbons (Fsp3) is 0.0870. The Morgan fingerprint density at radius 2 is 1.66 bits per heavy atom. The number of halogens is 1. The van der Waals surface area contributed by atoms with Crippen molar-refractivity contribution >= 4 is 33.0 Å². The van der Waals surface area contributed by atoms with Gasteiger partial charge < -0.3 is 19.2 Å². The molecule has 0 atom stereocenters. The molecule has 0 fully saturated rings. The Hall–Kier alpha value is -3.49. The normalized spacial score (nSPS) is 13.0. The molecule has 162 valence electrons. The number of hydrogen-bond acceptors (Lipinski definition) is 7. The molecule has 4 aromatic rings. The molecule has 0 saturated carbocycles. The van der Waals surface area contributed by atoms with Gasteiger partial charge in [-0.3, -0.25) is 0 Å². The van der Waals surface area contributed by atoms with Crippen LogP contribution in [0, 0.1) is 0 Å². The summed E-state index contributed by atoms with van der Waals surface area (Å²) in [5.74, 6) is 0.995. The molecule has 0 radical (unpaired) electrons. The molecule has 1 aromatic heterocycles. The molecule has 0 spiro atoms. The van der Waals surface area contributed by atoms with Crippen LogP contribution in [0.5, 0.6) is 11.5 Å². The molecule has 3 aromatic carbocycles. The molecular weight excluding hydrogens is 452 g/mol. The summed E-state index contributed by atoms with van der Waals surface area (Å²) in [5.41, 5.74) is 1.21. The zero-order valence-electron chi connectivity index (χ0n) is 16.6. The van der Waals surface area contributed by atoms with Gasteiger partial charge in [-0.05, 0) is 42.5 Å². The van der Waals surface area contributed by atoms with Gasteiger partial charge in [0.15, 0.2) is 11.5 Å². The molecule has 0 unspecified atom stereocenters. The minimum Gasteiger partial charge on any atom is -0.486 e. The minimum absolute atomic E-state index is 0.000986. The summed E-state index contributed by atoms with van der Waals surface area (Å²) in [7, 11) is -4.06. The fourth-order valence-electron chi connectivity index (χ4n) is 3.27. The molecule has 2 heterocycles. The van der Waals surface area contributed by atoms with Gasteiger partial charge >= 0.3 is 0 Å². The van der Waals surface area contributed by atoms with Gasteiger partial charge in [-0.25, -0.2) is 8.42 Å². The van der Waals surface area contributed by atoms with Crippen LogP contribution in [0.25, 0.3) is 11.5 Å². The molecule has 1 N–H and O–H groups in total. The molecule has 5 rings (SSSR count). The Balaban J connectivity index is 1.62. The van der Waals surface area contributed by atoms with Crippen LogP contribution < -0.4 is 14.8 Å². The summed E-state index contributed by atoms with van der Waals surface area (Å²) in [6.07, 6.45) is 0. The summed E-state index contributed by atoms with van der Waals surface area (Å²) >= 11 is 6.10. The highest BCUT2D eigenvalue weighted by Gasteiger charge is 2.30. The minimum atomic E-state index is -4.06. The number of benzene rings is 3. The van der Waals surface area contributed by atoms with Crippen molar-refractivity contribution in [2.75, 3.05) is 18.5 Å². The number of rotatable bonds is 5. The second kappa shape index (κ2) is 8.22. The van der Waals surface area contributed by atoms with Crippen molar-refractivity contribution in [3.05, 3.63) is 77.8 Å². The van der Waals surface area contributed by atoms with Gasteiger partial charge in [0.1, 0.15) is 13.2 Å². The van der Waals surface area contributed by atoms with Crippen molar-refractivity contribution in [1.82, 2.24) is 4.98 Å². The Labute approximate surface area is 189 Å². The van der Waals surface area contributed by atoms with Crippen LogP contribution >= 0.6 is 11.6 Å². The summed E-state index contributed by atoms with van der Waals surface area (Å²) in [6.45, 7) is 0.761. The van der Waals surface area contributed by atoms with E-state index in [0.717, 1.165) is 0 Å². The van der Waals surface area contributed by atoms with Crippen molar-refractivity contribution in [1.29, 1.82) is 0 Å². The Bertz CT molecular complexity index is 1390. The topological polar surface area (TPSA) is 90.7 Å². The number of sulfone groups is 1. The van der Waals surface area contributed by atoms with E-state index in [1.807, 2.05) is 18.2 Å². The molecule has 32 heavy (non-hydrogen) atoms. The van der Waals surface area contributed by atoms with Gasteiger partial charge in [0.05, 0.1) is 4.90 Å². The Morgan fingerprint density at radius 1 is 0.875 bits per heavy atom. The lowest BCUT2D eigenvalue weighted by Crippen LogP contribution is -2.16. The lowest BCUT2D eigenvalue weighted by Gasteiger charge is -2.18. The summed E-state index contributed by atoms with van der Waals surface area (Å²) in [5, 5.41) is 3.26. The second-order valence-electron chi connectivity index (χ2n) is 6.96. The van der Waals surface area contributed by atoms with Gasteiger partial charge in [-0.15, -0.1) is 0 Å². The second-order valence-corrected chi connectivity index (χ2v) is 9.26. The van der Waals surface area contributed by atoms with Crippen LogP contribution in [0.4, 0.5) is 11.6 Å². The van der Waals surface area contributed by atoms with E-state index in [2.05, 4.69) is 10.3 Å². The first-order valence-corrected chi connectivity index (χ1v) is 11.6. The number of anilines is 2. The number of ether oxygens (including phenoxy) is 2. The van der Waals surface area contributed by atoms with E-state index < -0.39 is 9.84 Å². The summed E-state index contributed by atoms with van der Waals surface area (Å²) in [4.78, 5) is 4.35. The van der Waals surface area contributed by atoms with E-state index in [-0.39, 0.29) is 21.7 Å². The van der Waals surface area contributed by atoms with E-state index >= 15 is 0 Å². The number of hydrogen-bond donors (Lipinski definition) is 1. The zero-order chi connectivity index (χ0) is 22.1. The van der Waals surface area contributed by atoms with Crippen molar-refractivity contribution in [2.24, 2.45) is 0 Å². The van der Waals surface area contributed by atoms with E-state index in [1.54, 1.807) is 42.5 Å². The van der Waals surface area contributed by atoms with Gasteiger partial charge in [-0.2, -0.15) is 4.98 Å². The third kappa shape index (κ3) is 3.90. The molecule has 7 nitrogen and oxygen atoms in total. The first-order chi connectivity index (χ1) is 15.5. The average molecular weight is 469 g/mol. The highest BCUT2D eigenvalue weighted by atomic mass is 35.5. The van der Waals surface area contributed by atoms with Crippen molar-refractivity contribution in [2.45, 2.75) is 9.92 Å². The highest BCUT2D eigenvalue weighted by molar-refractivity contribution is 7.91. The standard InChI is InChI=1S/C23H17ClN2O5S/c24-16-6-4-5-15(13-16)21-26-23(22(31-21)25-17-7-2-1-3-8-17)32(27,28)18-9-10-19-20(14-18)30-12-11-29-19/h1-10,13-14,25H,11-12H2. The van der Waals surface area contributed by atoms with Crippen LogP contribution in [0.15, 0.2) is 87.1 Å². The van der Waals surface area contributed by atoms with E-state index in [9.17, 15) is 8.42 Å². The van der Waals surface area contributed by atoms with Crippen molar-refractivity contribution in [3.8, 4) is 23.0 Å². The quantitative estimate of drug-likeness (QED) is 0.422. The number of aromatic nitrogens is 1. The van der Waals surface area contributed by atoms with Gasteiger partial charge in [0.2, 0.25) is 26.6 Å². The highest BCUT2D eigenvalue weighted by Crippen LogP contribution is 2.38. The first kappa shape index (κ1) is 20.4. The third-order valence-corrected chi connectivity index (χ3v) is 6.67. The molecule has 9 heteroatoms.